The van der Waals surface area contributed by atoms with E-state index in [-0.39, 0.29) is 5.91 Å². The molecular formula is C15H21BrN2O. The van der Waals surface area contributed by atoms with Gasteiger partial charge in [-0.25, -0.2) is 0 Å². The third kappa shape index (κ3) is 3.57. The Balaban J connectivity index is 1.96. The van der Waals surface area contributed by atoms with Crippen LogP contribution in [0.1, 0.15) is 28.8 Å². The second-order valence-corrected chi connectivity index (χ2v) is 6.00. The number of rotatable bonds is 4. The third-order valence-electron chi connectivity index (χ3n) is 3.72. The molecule has 1 aromatic rings. The Hall–Kier alpha value is -0.870. The van der Waals surface area contributed by atoms with Crippen LogP contribution in [0.3, 0.4) is 0 Å². The molecule has 19 heavy (non-hydrogen) atoms. The summed E-state index contributed by atoms with van der Waals surface area (Å²) < 4.78 is 0.910. The Morgan fingerprint density at radius 1 is 1.37 bits per heavy atom. The molecule has 1 saturated heterocycles. The number of benzene rings is 1. The minimum Gasteiger partial charge on any atom is -0.340 e. The van der Waals surface area contributed by atoms with Crippen LogP contribution < -0.4 is 0 Å². The largest absolute Gasteiger partial charge is 0.340 e. The van der Waals surface area contributed by atoms with Crippen LogP contribution in [-0.2, 0) is 0 Å². The summed E-state index contributed by atoms with van der Waals surface area (Å²) in [5, 5.41) is 0. The van der Waals surface area contributed by atoms with Crippen molar-refractivity contribution in [2.24, 2.45) is 0 Å². The minimum atomic E-state index is 0.0924. The summed E-state index contributed by atoms with van der Waals surface area (Å²) in [4.78, 5) is 16.6. The predicted molar refractivity (Wildman–Crippen MR) is 81.5 cm³/mol. The smallest absolute Gasteiger partial charge is 0.254 e. The fraction of sp³-hybridized carbons (Fsp3) is 0.533. The lowest BCUT2D eigenvalue weighted by Crippen LogP contribution is -2.35. The molecule has 1 amide bonds. The molecule has 0 aliphatic carbocycles. The van der Waals surface area contributed by atoms with Crippen molar-refractivity contribution in [2.45, 2.75) is 19.8 Å². The molecule has 1 aliphatic heterocycles. The molecule has 2 rings (SSSR count). The lowest BCUT2D eigenvalue weighted by atomic mass is 10.1. The second kappa shape index (κ2) is 6.53. The standard InChI is InChI=1S/C15H21BrN2O/c1-12-6-5-7-13(14(12)16)15(19)17(2)10-11-18-8-3-4-9-18/h5-7H,3-4,8-11H2,1-2H3. The van der Waals surface area contributed by atoms with E-state index in [9.17, 15) is 4.79 Å². The van der Waals surface area contributed by atoms with E-state index < -0.39 is 0 Å². The Bertz CT molecular complexity index is 455. The molecule has 0 spiro atoms. The van der Waals surface area contributed by atoms with Gasteiger partial charge in [-0.05, 0) is 60.4 Å². The molecule has 4 heteroatoms. The maximum Gasteiger partial charge on any atom is 0.254 e. The number of nitrogens with zero attached hydrogens (tertiary/aromatic N) is 2. The van der Waals surface area contributed by atoms with Gasteiger partial charge in [0, 0.05) is 24.6 Å². The van der Waals surface area contributed by atoms with Crippen molar-refractivity contribution >= 4 is 21.8 Å². The molecule has 0 saturated carbocycles. The molecule has 0 N–H and O–H groups in total. The Kier molecular flexibility index (Phi) is 4.99. The SMILES string of the molecule is Cc1cccc(C(=O)N(C)CCN2CCCC2)c1Br. The number of halogens is 1. The van der Waals surface area contributed by atoms with Crippen molar-refractivity contribution < 1.29 is 4.79 Å². The van der Waals surface area contributed by atoms with Gasteiger partial charge < -0.3 is 9.80 Å². The summed E-state index contributed by atoms with van der Waals surface area (Å²) in [6.45, 7) is 6.13. The molecule has 0 aromatic heterocycles. The molecule has 1 fully saturated rings. The van der Waals surface area contributed by atoms with E-state index in [1.807, 2.05) is 37.1 Å². The van der Waals surface area contributed by atoms with Crippen LogP contribution in [-0.4, -0.2) is 48.9 Å². The highest BCUT2D eigenvalue weighted by molar-refractivity contribution is 9.10. The number of hydrogen-bond donors (Lipinski definition) is 0. The molecule has 1 aliphatic rings. The monoisotopic (exact) mass is 324 g/mol. The van der Waals surface area contributed by atoms with E-state index >= 15 is 0 Å². The molecule has 1 heterocycles. The Labute approximate surface area is 123 Å². The van der Waals surface area contributed by atoms with Gasteiger partial charge in [0.15, 0.2) is 0 Å². The summed E-state index contributed by atoms with van der Waals surface area (Å²) in [6, 6.07) is 5.82. The van der Waals surface area contributed by atoms with Crippen LogP contribution in [0.25, 0.3) is 0 Å². The summed E-state index contributed by atoms with van der Waals surface area (Å²) in [6.07, 6.45) is 2.59. The molecule has 0 atom stereocenters. The van der Waals surface area contributed by atoms with Gasteiger partial charge in [-0.2, -0.15) is 0 Å². The summed E-state index contributed by atoms with van der Waals surface area (Å²) in [7, 11) is 1.88. The van der Waals surface area contributed by atoms with Gasteiger partial charge in [-0.15, -0.1) is 0 Å². The predicted octanol–water partition coefficient (Wildman–Crippen LogP) is 2.93. The van der Waals surface area contributed by atoms with E-state index in [0.717, 1.165) is 28.7 Å². The van der Waals surface area contributed by atoms with Gasteiger partial charge in [0.05, 0.1) is 5.56 Å². The zero-order valence-electron chi connectivity index (χ0n) is 11.7. The summed E-state index contributed by atoms with van der Waals surface area (Å²) in [5.41, 5.74) is 1.85. The number of likely N-dealkylation sites (N-methyl/N-ethyl adjacent to an activating group) is 1. The van der Waals surface area contributed by atoms with Crippen LogP contribution in [0, 0.1) is 6.92 Å². The number of carbonyl (C=O) groups is 1. The van der Waals surface area contributed by atoms with Gasteiger partial charge in [0.25, 0.3) is 5.91 Å². The Morgan fingerprint density at radius 2 is 2.05 bits per heavy atom. The number of aryl methyl sites for hydroxylation is 1. The fourth-order valence-electron chi connectivity index (χ4n) is 2.42. The van der Waals surface area contributed by atoms with Gasteiger partial charge in [-0.3, -0.25) is 4.79 Å². The second-order valence-electron chi connectivity index (χ2n) is 5.21. The van der Waals surface area contributed by atoms with E-state index in [4.69, 9.17) is 0 Å². The van der Waals surface area contributed by atoms with E-state index in [0.29, 0.717) is 0 Å². The van der Waals surface area contributed by atoms with Crippen molar-refractivity contribution in [1.29, 1.82) is 0 Å². The first-order valence-electron chi connectivity index (χ1n) is 6.82. The van der Waals surface area contributed by atoms with Gasteiger partial charge in [0.2, 0.25) is 0 Å². The number of hydrogen-bond acceptors (Lipinski definition) is 2. The first-order valence-corrected chi connectivity index (χ1v) is 7.62. The molecule has 104 valence electrons. The molecule has 1 aromatic carbocycles. The average molecular weight is 325 g/mol. The van der Waals surface area contributed by atoms with Crippen LogP contribution >= 0.6 is 15.9 Å². The normalized spacial score (nSPS) is 15.7. The van der Waals surface area contributed by atoms with Gasteiger partial charge >= 0.3 is 0 Å². The number of carbonyl (C=O) groups excluding carboxylic acids is 1. The van der Waals surface area contributed by atoms with Gasteiger partial charge in [-0.1, -0.05) is 12.1 Å². The Morgan fingerprint density at radius 3 is 2.74 bits per heavy atom. The molecule has 0 bridgehead atoms. The summed E-state index contributed by atoms with van der Waals surface area (Å²) >= 11 is 3.51. The van der Waals surface area contributed by atoms with Crippen molar-refractivity contribution in [3.8, 4) is 0 Å². The first-order chi connectivity index (χ1) is 9.09. The lowest BCUT2D eigenvalue weighted by molar-refractivity contribution is 0.0781. The summed E-state index contributed by atoms with van der Waals surface area (Å²) in [5.74, 6) is 0.0924. The van der Waals surface area contributed by atoms with Crippen molar-refractivity contribution in [2.75, 3.05) is 33.2 Å². The topological polar surface area (TPSA) is 23.6 Å². The van der Waals surface area contributed by atoms with Crippen LogP contribution in [0.2, 0.25) is 0 Å². The fourth-order valence-corrected chi connectivity index (χ4v) is 2.85. The molecular weight excluding hydrogens is 304 g/mol. The van der Waals surface area contributed by atoms with Crippen molar-refractivity contribution in [3.63, 3.8) is 0 Å². The maximum absolute atomic E-state index is 12.4. The van der Waals surface area contributed by atoms with Crippen LogP contribution in [0.5, 0.6) is 0 Å². The molecule has 0 radical (unpaired) electrons. The average Bonchev–Trinajstić information content (AvgIpc) is 2.91. The number of likely N-dealkylation sites (tertiary alicyclic amines) is 1. The van der Waals surface area contributed by atoms with Crippen LogP contribution in [0.15, 0.2) is 22.7 Å². The van der Waals surface area contributed by atoms with E-state index in [1.165, 1.54) is 25.9 Å². The first kappa shape index (κ1) is 14.5. The lowest BCUT2D eigenvalue weighted by Gasteiger charge is -2.22. The van der Waals surface area contributed by atoms with E-state index in [1.54, 1.807) is 0 Å². The van der Waals surface area contributed by atoms with Gasteiger partial charge in [0.1, 0.15) is 0 Å². The van der Waals surface area contributed by atoms with Crippen molar-refractivity contribution in [3.05, 3.63) is 33.8 Å². The minimum absolute atomic E-state index is 0.0924. The maximum atomic E-state index is 12.4. The van der Waals surface area contributed by atoms with Crippen molar-refractivity contribution in [1.82, 2.24) is 9.80 Å². The molecule has 3 nitrogen and oxygen atoms in total. The van der Waals surface area contributed by atoms with Crippen LogP contribution in [0.4, 0.5) is 0 Å². The third-order valence-corrected chi connectivity index (χ3v) is 4.77. The zero-order valence-corrected chi connectivity index (χ0v) is 13.2. The quantitative estimate of drug-likeness (QED) is 0.850. The highest BCUT2D eigenvalue weighted by Crippen LogP contribution is 2.22. The van der Waals surface area contributed by atoms with E-state index in [2.05, 4.69) is 20.8 Å². The zero-order chi connectivity index (χ0) is 13.8. The highest BCUT2D eigenvalue weighted by atomic mass is 79.9. The number of amides is 1. The molecule has 0 unspecified atom stereocenters. The highest BCUT2D eigenvalue weighted by Gasteiger charge is 2.17.